The van der Waals surface area contributed by atoms with Crippen LogP contribution in [0, 0.1) is 0 Å². The summed E-state index contributed by atoms with van der Waals surface area (Å²) in [7, 11) is -3.62. The number of thioether (sulfide) groups is 1. The number of nitrogens with one attached hydrogen (secondary N) is 1. The van der Waals surface area contributed by atoms with Gasteiger partial charge in [0.25, 0.3) is 0 Å². The van der Waals surface area contributed by atoms with Gasteiger partial charge in [-0.15, -0.1) is 10.2 Å². The molecule has 0 unspecified atom stereocenters. The van der Waals surface area contributed by atoms with Gasteiger partial charge >= 0.3 is 0 Å². The van der Waals surface area contributed by atoms with E-state index in [0.29, 0.717) is 44.0 Å². The zero-order chi connectivity index (χ0) is 22.3. The Balaban J connectivity index is 1.27. The van der Waals surface area contributed by atoms with E-state index in [2.05, 4.69) is 20.1 Å². The van der Waals surface area contributed by atoms with Crippen LogP contribution in [0.3, 0.4) is 0 Å². The Kier molecular flexibility index (Phi) is 5.99. The van der Waals surface area contributed by atoms with Crippen molar-refractivity contribution in [1.29, 1.82) is 0 Å². The third kappa shape index (κ3) is 4.57. The van der Waals surface area contributed by atoms with Crippen LogP contribution >= 0.6 is 11.8 Å². The SMILES string of the molecule is C[C@@H](Sc1nnc(C2CC2)n1C1CC1)C(=O)Nc1cccc(S(=O)(=O)N2CCOCC2)c1. The molecule has 5 rings (SSSR count). The average molecular weight is 478 g/mol. The van der Waals surface area contributed by atoms with Crippen LogP contribution in [0.4, 0.5) is 5.69 Å². The number of aromatic nitrogens is 3. The van der Waals surface area contributed by atoms with Crippen molar-refractivity contribution in [2.75, 3.05) is 31.6 Å². The van der Waals surface area contributed by atoms with Crippen LogP contribution in [-0.2, 0) is 19.6 Å². The molecule has 2 saturated carbocycles. The summed E-state index contributed by atoms with van der Waals surface area (Å²) < 4.78 is 34.7. The van der Waals surface area contributed by atoms with E-state index in [1.165, 1.54) is 22.1 Å². The first-order valence-corrected chi connectivity index (χ1v) is 13.4. The Morgan fingerprint density at radius 2 is 1.94 bits per heavy atom. The summed E-state index contributed by atoms with van der Waals surface area (Å²) in [5.74, 6) is 1.37. The van der Waals surface area contributed by atoms with Gasteiger partial charge in [0, 0.05) is 30.7 Å². The molecular formula is C21H27N5O4S2. The molecule has 9 nitrogen and oxygen atoms in total. The van der Waals surface area contributed by atoms with Crippen LogP contribution in [0.15, 0.2) is 34.3 Å². The van der Waals surface area contributed by atoms with E-state index in [0.717, 1.165) is 36.7 Å². The summed E-state index contributed by atoms with van der Waals surface area (Å²) >= 11 is 1.40. The lowest BCUT2D eigenvalue weighted by Gasteiger charge is -2.26. The number of morpholine rings is 1. The molecule has 0 spiro atoms. The first-order valence-electron chi connectivity index (χ1n) is 11.0. The fourth-order valence-corrected chi connectivity index (χ4v) is 6.17. The number of sulfonamides is 1. The van der Waals surface area contributed by atoms with E-state index < -0.39 is 15.3 Å². The number of anilines is 1. The van der Waals surface area contributed by atoms with Crippen LogP contribution < -0.4 is 5.32 Å². The smallest absolute Gasteiger partial charge is 0.243 e. The molecule has 1 aliphatic heterocycles. The summed E-state index contributed by atoms with van der Waals surface area (Å²) in [5, 5.41) is 12.0. The average Bonchev–Trinajstić information content (AvgIpc) is 3.73. The number of carbonyl (C=O) groups excluding carboxylic acids is 1. The van der Waals surface area contributed by atoms with Gasteiger partial charge in [-0.2, -0.15) is 4.31 Å². The number of benzene rings is 1. The van der Waals surface area contributed by atoms with E-state index in [1.807, 2.05) is 6.92 Å². The van der Waals surface area contributed by atoms with Crippen LogP contribution in [0.25, 0.3) is 0 Å². The fraction of sp³-hybridized carbons (Fsp3) is 0.571. The molecule has 1 saturated heterocycles. The highest BCUT2D eigenvalue weighted by Crippen LogP contribution is 2.46. The molecule has 1 N–H and O–H groups in total. The molecule has 1 aromatic carbocycles. The van der Waals surface area contributed by atoms with Crippen LogP contribution in [0.5, 0.6) is 0 Å². The predicted octanol–water partition coefficient (Wildman–Crippen LogP) is 2.63. The predicted molar refractivity (Wildman–Crippen MR) is 120 cm³/mol. The zero-order valence-corrected chi connectivity index (χ0v) is 19.6. The molecule has 172 valence electrons. The van der Waals surface area contributed by atoms with Gasteiger partial charge < -0.3 is 14.6 Å². The summed E-state index contributed by atoms with van der Waals surface area (Å²) in [6, 6.07) is 6.87. The summed E-state index contributed by atoms with van der Waals surface area (Å²) in [5.41, 5.74) is 0.458. The first kappa shape index (κ1) is 21.9. The molecule has 2 aromatic rings. The first-order chi connectivity index (χ1) is 15.4. The second-order valence-corrected chi connectivity index (χ2v) is 11.8. The number of nitrogens with zero attached hydrogens (tertiary/aromatic N) is 4. The molecule has 2 aliphatic carbocycles. The van der Waals surface area contributed by atoms with Gasteiger partial charge in [-0.05, 0) is 50.8 Å². The summed E-state index contributed by atoms with van der Waals surface area (Å²) in [4.78, 5) is 13.0. The zero-order valence-electron chi connectivity index (χ0n) is 17.9. The van der Waals surface area contributed by atoms with Crippen LogP contribution in [0.1, 0.15) is 50.4 Å². The van der Waals surface area contributed by atoms with E-state index in [-0.39, 0.29) is 10.8 Å². The molecule has 1 aromatic heterocycles. The fourth-order valence-electron chi connectivity index (χ4n) is 3.79. The molecule has 1 amide bonds. The highest BCUT2D eigenvalue weighted by Gasteiger charge is 2.37. The standard InChI is InChI=1S/C21H27N5O4S2/c1-14(31-21-24-23-19(15-5-6-15)26(21)17-7-8-17)20(27)22-16-3-2-4-18(13-16)32(28,29)25-9-11-30-12-10-25/h2-4,13-15,17H,5-12H2,1H3,(H,22,27)/t14-/m1/s1. The van der Waals surface area contributed by atoms with Gasteiger partial charge in [0.05, 0.1) is 23.4 Å². The molecular weight excluding hydrogens is 450 g/mol. The summed E-state index contributed by atoms with van der Waals surface area (Å²) in [6.45, 7) is 3.27. The van der Waals surface area contributed by atoms with E-state index in [9.17, 15) is 13.2 Å². The lowest BCUT2D eigenvalue weighted by Crippen LogP contribution is -2.40. The maximum atomic E-state index is 12.9. The number of ether oxygens (including phenoxy) is 1. The maximum Gasteiger partial charge on any atom is 0.243 e. The normalized spacial score (nSPS) is 20.8. The molecule has 3 fully saturated rings. The lowest BCUT2D eigenvalue weighted by molar-refractivity contribution is -0.115. The Hall–Kier alpha value is -1.95. The molecule has 11 heteroatoms. The van der Waals surface area contributed by atoms with Crippen LogP contribution in [-0.4, -0.2) is 64.9 Å². The van der Waals surface area contributed by atoms with E-state index >= 15 is 0 Å². The number of amides is 1. The minimum absolute atomic E-state index is 0.167. The number of hydrogen-bond donors (Lipinski definition) is 1. The molecule has 1 atom stereocenters. The van der Waals surface area contributed by atoms with Crippen molar-refractivity contribution in [3.8, 4) is 0 Å². The van der Waals surface area contributed by atoms with Gasteiger partial charge in [0.15, 0.2) is 5.16 Å². The molecule has 0 radical (unpaired) electrons. The third-order valence-electron chi connectivity index (χ3n) is 5.91. The van der Waals surface area contributed by atoms with Gasteiger partial charge in [-0.1, -0.05) is 17.8 Å². The second kappa shape index (κ2) is 8.77. The highest BCUT2D eigenvalue weighted by atomic mass is 32.2. The highest BCUT2D eigenvalue weighted by molar-refractivity contribution is 8.00. The molecule has 3 aliphatic rings. The minimum atomic E-state index is -3.62. The molecule has 32 heavy (non-hydrogen) atoms. The van der Waals surface area contributed by atoms with Crippen molar-refractivity contribution >= 4 is 33.4 Å². The van der Waals surface area contributed by atoms with Crippen molar-refractivity contribution in [3.05, 3.63) is 30.1 Å². The van der Waals surface area contributed by atoms with Gasteiger partial charge in [-0.3, -0.25) is 4.79 Å². The monoisotopic (exact) mass is 477 g/mol. The Morgan fingerprint density at radius 1 is 1.19 bits per heavy atom. The number of hydrogen-bond acceptors (Lipinski definition) is 7. The Bertz CT molecular complexity index is 1110. The minimum Gasteiger partial charge on any atom is -0.379 e. The number of rotatable bonds is 8. The topological polar surface area (TPSA) is 106 Å². The Morgan fingerprint density at radius 3 is 2.62 bits per heavy atom. The van der Waals surface area contributed by atoms with Crippen molar-refractivity contribution < 1.29 is 17.9 Å². The lowest BCUT2D eigenvalue weighted by atomic mass is 10.3. The molecule has 2 heterocycles. The van der Waals surface area contributed by atoms with Gasteiger partial charge in [0.2, 0.25) is 15.9 Å². The van der Waals surface area contributed by atoms with Gasteiger partial charge in [0.1, 0.15) is 5.82 Å². The van der Waals surface area contributed by atoms with E-state index in [1.54, 1.807) is 18.2 Å². The van der Waals surface area contributed by atoms with Crippen LogP contribution in [0.2, 0.25) is 0 Å². The van der Waals surface area contributed by atoms with Gasteiger partial charge in [-0.25, -0.2) is 8.42 Å². The second-order valence-electron chi connectivity index (χ2n) is 8.51. The van der Waals surface area contributed by atoms with Crippen molar-refractivity contribution in [1.82, 2.24) is 19.1 Å². The van der Waals surface area contributed by atoms with Crippen molar-refractivity contribution in [2.45, 2.75) is 59.9 Å². The van der Waals surface area contributed by atoms with Crippen molar-refractivity contribution in [2.24, 2.45) is 0 Å². The van der Waals surface area contributed by atoms with Crippen molar-refractivity contribution in [3.63, 3.8) is 0 Å². The summed E-state index contributed by atoms with van der Waals surface area (Å²) in [6.07, 6.45) is 4.59. The number of carbonyl (C=O) groups is 1. The third-order valence-corrected chi connectivity index (χ3v) is 8.86. The van der Waals surface area contributed by atoms with E-state index in [4.69, 9.17) is 4.74 Å². The maximum absolute atomic E-state index is 12.9. The Labute approximate surface area is 192 Å². The molecule has 0 bridgehead atoms. The largest absolute Gasteiger partial charge is 0.379 e. The quantitative estimate of drug-likeness (QED) is 0.583.